The van der Waals surface area contributed by atoms with Crippen molar-refractivity contribution in [1.29, 1.82) is 0 Å². The molecule has 0 bridgehead atoms. The van der Waals surface area contributed by atoms with E-state index in [1.807, 2.05) is 24.3 Å². The highest BCUT2D eigenvalue weighted by Crippen LogP contribution is 2.36. The van der Waals surface area contributed by atoms with Crippen molar-refractivity contribution in [1.82, 2.24) is 15.6 Å². The number of hydrogen-bond donors (Lipinski definition) is 3. The standard InChI is InChI=1S/C24H27ClN4O3.ClH/c1-17(30)29-20-7-4-9-24(14-20,18-5-3-6-19(25)13-18)16-28-22-8-10-26-15-21(22)23(31)27-11-12-32-2;/h3,5-6,8,10,13,15,20H,9,11-12,14,16H2,1-2H3,(H,26,28)(H,27,31)(H,29,30);1H/t20-,24+;/m1./s1. The van der Waals surface area contributed by atoms with Gasteiger partial charge in [0.2, 0.25) is 5.91 Å². The third kappa shape index (κ3) is 7.10. The van der Waals surface area contributed by atoms with Gasteiger partial charge in [0.15, 0.2) is 0 Å². The summed E-state index contributed by atoms with van der Waals surface area (Å²) in [5.41, 5.74) is 1.74. The van der Waals surface area contributed by atoms with Gasteiger partial charge in [-0.1, -0.05) is 29.7 Å². The Kier molecular flexibility index (Phi) is 9.98. The lowest BCUT2D eigenvalue weighted by molar-refractivity contribution is -0.119. The van der Waals surface area contributed by atoms with E-state index in [-0.39, 0.29) is 30.3 Å². The largest absolute Gasteiger partial charge is 0.383 e. The molecule has 9 heteroatoms. The number of amides is 2. The quantitative estimate of drug-likeness (QED) is 0.370. The highest BCUT2D eigenvalue weighted by atomic mass is 35.5. The Balaban J connectivity index is 0.00000385. The Labute approximate surface area is 205 Å². The van der Waals surface area contributed by atoms with E-state index in [1.54, 1.807) is 19.4 Å². The first-order valence-corrected chi connectivity index (χ1v) is 10.8. The first-order valence-electron chi connectivity index (χ1n) is 10.4. The Morgan fingerprint density at radius 3 is 2.88 bits per heavy atom. The van der Waals surface area contributed by atoms with E-state index in [0.29, 0.717) is 48.8 Å². The smallest absolute Gasteiger partial charge is 0.255 e. The first-order chi connectivity index (χ1) is 15.4. The molecule has 0 saturated carbocycles. The molecule has 1 heterocycles. The summed E-state index contributed by atoms with van der Waals surface area (Å²) < 4.78 is 4.99. The van der Waals surface area contributed by atoms with E-state index in [1.165, 1.54) is 13.1 Å². The number of ether oxygens (including phenoxy) is 1. The molecule has 0 spiro atoms. The molecule has 176 valence electrons. The number of carbonyl (C=O) groups is 2. The second-order valence-corrected chi connectivity index (χ2v) is 8.21. The third-order valence-corrected chi connectivity index (χ3v) is 5.62. The lowest BCUT2D eigenvalue weighted by Gasteiger charge is -2.37. The summed E-state index contributed by atoms with van der Waals surface area (Å²) in [6, 6.07) is 9.21. The molecule has 0 aliphatic heterocycles. The first kappa shape index (κ1) is 26.5. The summed E-state index contributed by atoms with van der Waals surface area (Å²) in [6.45, 7) is 2.82. The van der Waals surface area contributed by atoms with E-state index < -0.39 is 5.41 Å². The van der Waals surface area contributed by atoms with Gasteiger partial charge in [0, 0.05) is 56.4 Å². The van der Waals surface area contributed by atoms with Crippen molar-refractivity contribution < 1.29 is 14.3 Å². The van der Waals surface area contributed by atoms with Crippen LogP contribution in [0.25, 0.3) is 0 Å². The molecule has 33 heavy (non-hydrogen) atoms. The van der Waals surface area contributed by atoms with E-state index >= 15 is 0 Å². The van der Waals surface area contributed by atoms with Gasteiger partial charge >= 0.3 is 0 Å². The molecule has 3 rings (SSSR count). The maximum atomic E-state index is 12.6. The summed E-state index contributed by atoms with van der Waals surface area (Å²) in [7, 11) is 1.58. The molecule has 2 aromatic rings. The van der Waals surface area contributed by atoms with Crippen LogP contribution in [0.5, 0.6) is 0 Å². The number of aromatic nitrogens is 1. The molecule has 2 amide bonds. The van der Waals surface area contributed by atoms with Crippen LogP contribution in [-0.4, -0.2) is 49.6 Å². The van der Waals surface area contributed by atoms with E-state index in [9.17, 15) is 9.59 Å². The lowest BCUT2D eigenvalue weighted by Crippen LogP contribution is -2.45. The second kappa shape index (κ2) is 12.4. The molecule has 1 aromatic carbocycles. The van der Waals surface area contributed by atoms with Crippen molar-refractivity contribution in [3.63, 3.8) is 0 Å². The fraction of sp³-hybridized carbons (Fsp3) is 0.375. The normalized spacial score (nSPS) is 18.8. The van der Waals surface area contributed by atoms with Gasteiger partial charge in [0.05, 0.1) is 23.9 Å². The number of nitrogens with one attached hydrogen (secondary N) is 3. The van der Waals surface area contributed by atoms with Gasteiger partial charge < -0.3 is 20.7 Å². The van der Waals surface area contributed by atoms with Crippen LogP contribution in [0.1, 0.15) is 35.7 Å². The summed E-state index contributed by atoms with van der Waals surface area (Å²) >= 11 is 6.29. The van der Waals surface area contributed by atoms with Crippen molar-refractivity contribution >= 4 is 41.5 Å². The van der Waals surface area contributed by atoms with Crippen molar-refractivity contribution in [2.75, 3.05) is 32.1 Å². The molecule has 1 aromatic heterocycles. The predicted molar refractivity (Wildman–Crippen MR) is 132 cm³/mol. The molecule has 1 aliphatic rings. The van der Waals surface area contributed by atoms with Crippen LogP contribution in [0.3, 0.4) is 0 Å². The van der Waals surface area contributed by atoms with Gasteiger partial charge in [-0.05, 0) is 30.2 Å². The maximum absolute atomic E-state index is 12.6. The number of carbonyl (C=O) groups excluding carboxylic acids is 2. The van der Waals surface area contributed by atoms with Gasteiger partial charge in [-0.3, -0.25) is 14.6 Å². The maximum Gasteiger partial charge on any atom is 0.255 e. The Hall–Kier alpha value is -2.79. The number of hydrogen-bond acceptors (Lipinski definition) is 5. The summed E-state index contributed by atoms with van der Waals surface area (Å²) in [5.74, 6) is 5.97. The highest BCUT2D eigenvalue weighted by molar-refractivity contribution is 6.30. The van der Waals surface area contributed by atoms with Gasteiger partial charge in [-0.2, -0.15) is 0 Å². The lowest BCUT2D eigenvalue weighted by atomic mass is 9.71. The second-order valence-electron chi connectivity index (χ2n) is 7.77. The topological polar surface area (TPSA) is 92.3 Å². The molecule has 7 nitrogen and oxygen atoms in total. The van der Waals surface area contributed by atoms with E-state index in [2.05, 4.69) is 32.8 Å². The van der Waals surface area contributed by atoms with Crippen LogP contribution in [0.4, 0.5) is 5.69 Å². The Morgan fingerprint density at radius 2 is 2.15 bits per heavy atom. The molecule has 3 N–H and O–H groups in total. The monoisotopic (exact) mass is 490 g/mol. The van der Waals surface area contributed by atoms with Crippen LogP contribution in [0.15, 0.2) is 42.7 Å². The van der Waals surface area contributed by atoms with Crippen molar-refractivity contribution in [3.05, 3.63) is 58.9 Å². The molecule has 0 fully saturated rings. The minimum absolute atomic E-state index is 0. The SMILES string of the molecule is COCCNC(=O)c1cnccc1NC[C@]1(c2cccc(Cl)c2)CC#C[C@@H](NC(C)=O)C1.Cl. The summed E-state index contributed by atoms with van der Waals surface area (Å²) in [5, 5.41) is 9.81. The average Bonchev–Trinajstić information content (AvgIpc) is 2.78. The number of pyridine rings is 1. The zero-order valence-corrected chi connectivity index (χ0v) is 20.2. The van der Waals surface area contributed by atoms with Gasteiger partial charge in [-0.25, -0.2) is 0 Å². The number of anilines is 1. The predicted octanol–water partition coefficient (Wildman–Crippen LogP) is 3.18. The van der Waals surface area contributed by atoms with E-state index in [0.717, 1.165) is 5.56 Å². The van der Waals surface area contributed by atoms with Gasteiger partial charge in [0.1, 0.15) is 0 Å². The zero-order chi connectivity index (χ0) is 23.0. The zero-order valence-electron chi connectivity index (χ0n) is 18.6. The van der Waals surface area contributed by atoms with Gasteiger partial charge in [0.25, 0.3) is 5.91 Å². The Bertz CT molecular complexity index is 1040. The highest BCUT2D eigenvalue weighted by Gasteiger charge is 2.37. The number of halogens is 2. The van der Waals surface area contributed by atoms with Crippen molar-refractivity contribution in [2.45, 2.75) is 31.2 Å². The number of nitrogens with zero attached hydrogens (tertiary/aromatic N) is 1. The third-order valence-electron chi connectivity index (χ3n) is 5.39. The summed E-state index contributed by atoms with van der Waals surface area (Å²) in [4.78, 5) is 28.4. The summed E-state index contributed by atoms with van der Waals surface area (Å²) in [6.07, 6.45) is 4.39. The minimum atomic E-state index is -0.406. The van der Waals surface area contributed by atoms with Crippen LogP contribution in [-0.2, 0) is 14.9 Å². The van der Waals surface area contributed by atoms with E-state index in [4.69, 9.17) is 16.3 Å². The molecular weight excluding hydrogens is 463 g/mol. The average molecular weight is 491 g/mol. The number of benzene rings is 1. The number of rotatable bonds is 9. The molecule has 0 radical (unpaired) electrons. The van der Waals surface area contributed by atoms with Crippen LogP contribution >= 0.6 is 24.0 Å². The van der Waals surface area contributed by atoms with Crippen molar-refractivity contribution in [2.24, 2.45) is 0 Å². The van der Waals surface area contributed by atoms with Crippen LogP contribution in [0.2, 0.25) is 5.02 Å². The fourth-order valence-corrected chi connectivity index (χ4v) is 4.01. The van der Waals surface area contributed by atoms with Gasteiger partial charge in [-0.15, -0.1) is 18.3 Å². The molecule has 2 atom stereocenters. The molecular formula is C24H28Cl2N4O3. The van der Waals surface area contributed by atoms with Crippen LogP contribution in [0, 0.1) is 11.8 Å². The van der Waals surface area contributed by atoms with Crippen LogP contribution < -0.4 is 16.0 Å². The molecule has 0 unspecified atom stereocenters. The molecule has 1 aliphatic carbocycles. The van der Waals surface area contributed by atoms with Crippen molar-refractivity contribution in [3.8, 4) is 11.8 Å². The molecule has 0 saturated heterocycles. The minimum Gasteiger partial charge on any atom is -0.383 e. The Morgan fingerprint density at radius 1 is 1.33 bits per heavy atom. The number of methoxy groups -OCH3 is 1. The fourth-order valence-electron chi connectivity index (χ4n) is 3.82.